The third-order valence-electron chi connectivity index (χ3n) is 5.26. The molecule has 0 N–H and O–H groups in total. The van der Waals surface area contributed by atoms with E-state index in [4.69, 9.17) is 4.74 Å². The molecule has 0 unspecified atom stereocenters. The Labute approximate surface area is 213 Å². The van der Waals surface area contributed by atoms with Crippen LogP contribution in [-0.2, 0) is 19.6 Å². The van der Waals surface area contributed by atoms with E-state index in [9.17, 15) is 18.0 Å². The van der Waals surface area contributed by atoms with Crippen molar-refractivity contribution in [2.24, 2.45) is 0 Å². The SMILES string of the molecule is CC(=O)SC[C@@H](C)N(CCN1CCCC1)S(=O)(=O)c1ccc(Oc2ccccc2)cc1.CC(C)=O. The molecule has 2 aromatic rings. The largest absolute Gasteiger partial charge is 0.457 e. The number of ether oxygens (including phenoxy) is 1. The Morgan fingerprint density at radius 2 is 1.51 bits per heavy atom. The molecule has 35 heavy (non-hydrogen) atoms. The molecule has 0 amide bonds. The average Bonchev–Trinajstić information content (AvgIpc) is 3.32. The molecule has 0 radical (unpaired) electrons. The molecule has 1 heterocycles. The normalized spacial score (nSPS) is 14.8. The van der Waals surface area contributed by atoms with E-state index in [0.29, 0.717) is 30.3 Å². The zero-order chi connectivity index (χ0) is 25.8. The number of likely N-dealkylation sites (tertiary alicyclic amines) is 1. The summed E-state index contributed by atoms with van der Waals surface area (Å²) >= 11 is 1.16. The number of Topliss-reactive ketones (excluding diaryl/α,β-unsaturated/α-hetero) is 1. The van der Waals surface area contributed by atoms with Crippen LogP contribution in [0.15, 0.2) is 59.5 Å². The predicted molar refractivity (Wildman–Crippen MR) is 141 cm³/mol. The Kier molecular flexibility index (Phi) is 11.9. The maximum absolute atomic E-state index is 13.5. The number of carbonyl (C=O) groups excluding carboxylic acids is 2. The molecule has 1 atom stereocenters. The lowest BCUT2D eigenvalue weighted by molar-refractivity contribution is -0.115. The van der Waals surface area contributed by atoms with Gasteiger partial charge in [-0.1, -0.05) is 30.0 Å². The van der Waals surface area contributed by atoms with Crippen LogP contribution in [0.3, 0.4) is 0 Å². The summed E-state index contributed by atoms with van der Waals surface area (Å²) in [5, 5.41) is -0.00819. The van der Waals surface area contributed by atoms with E-state index in [1.165, 1.54) is 25.1 Å². The molecule has 1 saturated heterocycles. The molecule has 9 heteroatoms. The summed E-state index contributed by atoms with van der Waals surface area (Å²) in [7, 11) is -3.70. The fourth-order valence-electron chi connectivity index (χ4n) is 3.58. The minimum absolute atomic E-state index is 0.00819. The molecular formula is C26H36N2O5S2. The van der Waals surface area contributed by atoms with Gasteiger partial charge in [0.2, 0.25) is 10.0 Å². The Morgan fingerprint density at radius 3 is 2.06 bits per heavy atom. The van der Waals surface area contributed by atoms with Gasteiger partial charge >= 0.3 is 0 Å². The van der Waals surface area contributed by atoms with E-state index in [1.54, 1.807) is 24.3 Å². The summed E-state index contributed by atoms with van der Waals surface area (Å²) < 4.78 is 34.2. The summed E-state index contributed by atoms with van der Waals surface area (Å²) in [6, 6.07) is 15.6. The number of carbonyl (C=O) groups is 2. The number of sulfonamides is 1. The standard InChI is InChI=1S/C23H30N2O4S2.C3H6O/c1-19(18-30-20(2)26)25(17-16-24-14-6-7-15-24)31(27,28)23-12-10-22(11-13-23)29-21-8-4-3-5-9-21;1-3(2)4/h3-5,8-13,19H,6-7,14-18H2,1-2H3;1-2H3/t19-;/m1./s1. The summed E-state index contributed by atoms with van der Waals surface area (Å²) in [6.45, 7) is 9.55. The van der Waals surface area contributed by atoms with E-state index in [-0.39, 0.29) is 21.8 Å². The lowest BCUT2D eigenvalue weighted by Gasteiger charge is -2.30. The minimum Gasteiger partial charge on any atom is -0.457 e. The average molecular weight is 521 g/mol. The molecule has 2 aromatic carbocycles. The fourth-order valence-corrected chi connectivity index (χ4v) is 5.96. The van der Waals surface area contributed by atoms with Gasteiger partial charge in [-0.05, 0) is 83.1 Å². The molecule has 0 aliphatic carbocycles. The fraction of sp³-hybridized carbons (Fsp3) is 0.462. The Balaban J connectivity index is 0.00000100. The van der Waals surface area contributed by atoms with Crippen LogP contribution >= 0.6 is 11.8 Å². The first-order valence-electron chi connectivity index (χ1n) is 11.8. The van der Waals surface area contributed by atoms with E-state index < -0.39 is 10.0 Å². The molecule has 1 aliphatic rings. The van der Waals surface area contributed by atoms with Gasteiger partial charge in [-0.25, -0.2) is 8.42 Å². The molecule has 1 fully saturated rings. The number of hydrogen-bond donors (Lipinski definition) is 0. The van der Waals surface area contributed by atoms with E-state index in [1.807, 2.05) is 37.3 Å². The molecule has 192 valence electrons. The number of thioether (sulfide) groups is 1. The van der Waals surface area contributed by atoms with E-state index in [2.05, 4.69) is 4.90 Å². The highest BCUT2D eigenvalue weighted by atomic mass is 32.2. The van der Waals surface area contributed by atoms with Gasteiger partial charge in [0, 0.05) is 31.8 Å². The van der Waals surface area contributed by atoms with Crippen molar-refractivity contribution in [1.29, 1.82) is 0 Å². The zero-order valence-corrected chi connectivity index (χ0v) is 22.6. The maximum Gasteiger partial charge on any atom is 0.243 e. The van der Waals surface area contributed by atoms with Crippen molar-refractivity contribution in [2.75, 3.05) is 31.9 Å². The highest BCUT2D eigenvalue weighted by molar-refractivity contribution is 8.13. The van der Waals surface area contributed by atoms with Crippen LogP contribution in [0.25, 0.3) is 0 Å². The van der Waals surface area contributed by atoms with E-state index >= 15 is 0 Å². The molecule has 0 spiro atoms. The summed E-state index contributed by atoms with van der Waals surface area (Å²) in [5.74, 6) is 1.87. The molecular weight excluding hydrogens is 484 g/mol. The van der Waals surface area contributed by atoms with Crippen LogP contribution in [0.2, 0.25) is 0 Å². The number of benzene rings is 2. The van der Waals surface area contributed by atoms with Crippen LogP contribution in [0.4, 0.5) is 0 Å². The number of hydrogen-bond acceptors (Lipinski definition) is 7. The second-order valence-electron chi connectivity index (χ2n) is 8.61. The number of para-hydroxylation sites is 1. The first-order chi connectivity index (χ1) is 16.6. The van der Waals surface area contributed by atoms with Crippen LogP contribution in [0, 0.1) is 0 Å². The number of nitrogens with zero attached hydrogens (tertiary/aromatic N) is 2. The van der Waals surface area contributed by atoms with Crippen molar-refractivity contribution in [1.82, 2.24) is 9.21 Å². The number of ketones is 1. The van der Waals surface area contributed by atoms with Gasteiger partial charge in [-0.3, -0.25) is 4.79 Å². The first-order valence-corrected chi connectivity index (χ1v) is 14.2. The first kappa shape index (κ1) is 29.0. The van der Waals surface area contributed by atoms with Crippen LogP contribution in [0.5, 0.6) is 11.5 Å². The maximum atomic E-state index is 13.5. The summed E-state index contributed by atoms with van der Waals surface area (Å²) in [5.41, 5.74) is 0. The second kappa shape index (κ2) is 14.4. The van der Waals surface area contributed by atoms with Crippen molar-refractivity contribution < 1.29 is 22.7 Å². The topological polar surface area (TPSA) is 84.0 Å². The van der Waals surface area contributed by atoms with Crippen molar-refractivity contribution in [3.05, 3.63) is 54.6 Å². The highest BCUT2D eigenvalue weighted by Crippen LogP contribution is 2.26. The van der Waals surface area contributed by atoms with Gasteiger partial charge in [0.25, 0.3) is 0 Å². The second-order valence-corrected chi connectivity index (χ2v) is 11.7. The number of rotatable bonds is 10. The van der Waals surface area contributed by atoms with Crippen molar-refractivity contribution in [3.63, 3.8) is 0 Å². The van der Waals surface area contributed by atoms with Crippen molar-refractivity contribution >= 4 is 32.7 Å². The molecule has 3 rings (SSSR count). The van der Waals surface area contributed by atoms with Crippen molar-refractivity contribution in [2.45, 2.75) is 51.5 Å². The van der Waals surface area contributed by atoms with Gasteiger partial charge in [0.05, 0.1) is 4.90 Å². The molecule has 0 saturated carbocycles. The third-order valence-corrected chi connectivity index (χ3v) is 8.35. The predicted octanol–water partition coefficient (Wildman–Crippen LogP) is 4.83. The molecule has 0 aromatic heterocycles. The van der Waals surface area contributed by atoms with Crippen LogP contribution in [-0.4, -0.2) is 66.5 Å². The smallest absolute Gasteiger partial charge is 0.243 e. The Hall–Kier alpha value is -2.20. The summed E-state index contributed by atoms with van der Waals surface area (Å²) in [4.78, 5) is 23.4. The van der Waals surface area contributed by atoms with Crippen molar-refractivity contribution in [3.8, 4) is 11.5 Å². The zero-order valence-electron chi connectivity index (χ0n) is 21.0. The van der Waals surface area contributed by atoms with Crippen LogP contribution < -0.4 is 4.74 Å². The molecule has 1 aliphatic heterocycles. The third kappa shape index (κ3) is 10.1. The monoisotopic (exact) mass is 520 g/mol. The Bertz CT molecular complexity index is 1030. The lowest BCUT2D eigenvalue weighted by atomic mass is 10.3. The van der Waals surface area contributed by atoms with Gasteiger partial charge in [0.15, 0.2) is 5.12 Å². The van der Waals surface area contributed by atoms with Gasteiger partial charge in [0.1, 0.15) is 17.3 Å². The minimum atomic E-state index is -3.70. The summed E-state index contributed by atoms with van der Waals surface area (Å²) in [6.07, 6.45) is 2.32. The Morgan fingerprint density at radius 1 is 0.971 bits per heavy atom. The highest BCUT2D eigenvalue weighted by Gasteiger charge is 2.30. The van der Waals surface area contributed by atoms with E-state index in [0.717, 1.165) is 37.7 Å². The molecule has 7 nitrogen and oxygen atoms in total. The molecule has 0 bridgehead atoms. The van der Waals surface area contributed by atoms with Crippen LogP contribution in [0.1, 0.15) is 40.5 Å². The van der Waals surface area contributed by atoms with Gasteiger partial charge in [-0.2, -0.15) is 4.31 Å². The quantitative estimate of drug-likeness (QED) is 0.444. The lowest BCUT2D eigenvalue weighted by Crippen LogP contribution is -2.44. The van der Waals surface area contributed by atoms with Gasteiger partial charge in [-0.15, -0.1) is 0 Å². The van der Waals surface area contributed by atoms with Gasteiger partial charge < -0.3 is 14.4 Å².